The number of carbonyl (C=O) groups excluding carboxylic acids is 2. The van der Waals surface area contributed by atoms with Crippen molar-refractivity contribution in [3.05, 3.63) is 41.5 Å². The van der Waals surface area contributed by atoms with Gasteiger partial charge < -0.3 is 5.32 Å². The number of anilines is 1. The third kappa shape index (κ3) is 4.85. The van der Waals surface area contributed by atoms with Gasteiger partial charge in [0.25, 0.3) is 0 Å². The van der Waals surface area contributed by atoms with E-state index in [0.717, 1.165) is 36.9 Å². The van der Waals surface area contributed by atoms with Gasteiger partial charge in [-0.15, -0.1) is 0 Å². The largest absolute Gasteiger partial charge is 0.326 e. The van der Waals surface area contributed by atoms with Crippen LogP contribution in [0.25, 0.3) is 0 Å². The first-order valence-electron chi connectivity index (χ1n) is 7.80. The quantitative estimate of drug-likeness (QED) is 0.857. The van der Waals surface area contributed by atoms with Gasteiger partial charge in [-0.3, -0.25) is 9.59 Å². The van der Waals surface area contributed by atoms with Crippen molar-refractivity contribution in [1.82, 2.24) is 0 Å². The maximum absolute atomic E-state index is 12.0. The number of ketones is 1. The molecule has 3 nitrogen and oxygen atoms in total. The highest BCUT2D eigenvalue weighted by molar-refractivity contribution is 5.99. The number of carbonyl (C=O) groups is 2. The van der Waals surface area contributed by atoms with Crippen molar-refractivity contribution >= 4 is 17.4 Å². The van der Waals surface area contributed by atoms with Gasteiger partial charge >= 0.3 is 0 Å². The maximum atomic E-state index is 12.0. The van der Waals surface area contributed by atoms with Crippen molar-refractivity contribution in [2.75, 3.05) is 5.32 Å². The Morgan fingerprint density at radius 1 is 1.19 bits per heavy atom. The average molecular weight is 285 g/mol. The summed E-state index contributed by atoms with van der Waals surface area (Å²) in [5.41, 5.74) is 2.92. The minimum Gasteiger partial charge on any atom is -0.326 e. The Hall–Kier alpha value is -1.90. The predicted molar refractivity (Wildman–Crippen MR) is 85.2 cm³/mol. The SMILES string of the molecule is CCc1cccc(NC(=O)CCC(=O)C2=CCCCC2)c1. The summed E-state index contributed by atoms with van der Waals surface area (Å²) in [6.07, 6.45) is 7.68. The molecule has 1 N–H and O–H groups in total. The molecule has 1 aliphatic carbocycles. The van der Waals surface area contributed by atoms with Crippen molar-refractivity contribution in [3.63, 3.8) is 0 Å². The zero-order valence-corrected chi connectivity index (χ0v) is 12.7. The monoisotopic (exact) mass is 285 g/mol. The van der Waals surface area contributed by atoms with Crippen LogP contribution in [-0.4, -0.2) is 11.7 Å². The molecule has 0 fully saturated rings. The second-order valence-corrected chi connectivity index (χ2v) is 5.50. The number of allylic oxidation sites excluding steroid dienone is 2. The number of nitrogens with one attached hydrogen (secondary N) is 1. The first-order chi connectivity index (χ1) is 10.2. The standard InChI is InChI=1S/C18H23NO2/c1-2-14-7-6-10-16(13-14)19-18(21)12-11-17(20)15-8-4-3-5-9-15/h6-8,10,13H,2-5,9,11-12H2,1H3,(H,19,21). The van der Waals surface area contributed by atoms with Crippen LogP contribution >= 0.6 is 0 Å². The number of amides is 1. The molecule has 0 saturated carbocycles. The molecule has 0 atom stereocenters. The lowest BCUT2D eigenvalue weighted by Crippen LogP contribution is -2.14. The zero-order valence-electron chi connectivity index (χ0n) is 12.7. The van der Waals surface area contributed by atoms with Crippen LogP contribution < -0.4 is 5.32 Å². The molecule has 1 aromatic rings. The number of rotatable bonds is 6. The number of hydrogen-bond donors (Lipinski definition) is 1. The second kappa shape index (κ2) is 7.77. The van der Waals surface area contributed by atoms with Crippen LogP contribution in [0, 0.1) is 0 Å². The molecule has 0 aliphatic heterocycles. The van der Waals surface area contributed by atoms with E-state index in [-0.39, 0.29) is 18.1 Å². The van der Waals surface area contributed by atoms with Crippen LogP contribution in [0.1, 0.15) is 51.0 Å². The van der Waals surface area contributed by atoms with Crippen LogP contribution in [-0.2, 0) is 16.0 Å². The number of aryl methyl sites for hydroxylation is 1. The van der Waals surface area contributed by atoms with Gasteiger partial charge in [-0.25, -0.2) is 0 Å². The van der Waals surface area contributed by atoms with E-state index in [1.54, 1.807) is 0 Å². The third-order valence-corrected chi connectivity index (χ3v) is 3.85. The van der Waals surface area contributed by atoms with E-state index in [1.807, 2.05) is 30.3 Å². The molecule has 0 radical (unpaired) electrons. The summed E-state index contributed by atoms with van der Waals surface area (Å²) < 4.78 is 0. The lowest BCUT2D eigenvalue weighted by Gasteiger charge is -2.11. The highest BCUT2D eigenvalue weighted by atomic mass is 16.2. The Bertz CT molecular complexity index is 546. The topological polar surface area (TPSA) is 46.2 Å². The van der Waals surface area contributed by atoms with E-state index in [2.05, 4.69) is 12.2 Å². The van der Waals surface area contributed by atoms with Gasteiger partial charge in [0.15, 0.2) is 5.78 Å². The van der Waals surface area contributed by atoms with E-state index in [4.69, 9.17) is 0 Å². The molecule has 0 spiro atoms. The van der Waals surface area contributed by atoms with Gasteiger partial charge in [0, 0.05) is 18.5 Å². The first kappa shape index (κ1) is 15.5. The molecule has 1 amide bonds. The summed E-state index contributed by atoms with van der Waals surface area (Å²) in [5.74, 6) is 0.0418. The fourth-order valence-electron chi connectivity index (χ4n) is 2.57. The van der Waals surface area contributed by atoms with Gasteiger partial charge in [-0.05, 0) is 55.4 Å². The Labute approximate surface area is 126 Å². The van der Waals surface area contributed by atoms with E-state index >= 15 is 0 Å². The Balaban J connectivity index is 1.81. The van der Waals surface area contributed by atoms with Gasteiger partial charge in [0.2, 0.25) is 5.91 Å². The van der Waals surface area contributed by atoms with Crippen molar-refractivity contribution in [3.8, 4) is 0 Å². The molecular formula is C18H23NO2. The molecular weight excluding hydrogens is 262 g/mol. The highest BCUT2D eigenvalue weighted by Gasteiger charge is 2.14. The molecule has 0 aromatic heterocycles. The number of hydrogen-bond acceptors (Lipinski definition) is 2. The number of benzene rings is 1. The van der Waals surface area contributed by atoms with Crippen molar-refractivity contribution in [1.29, 1.82) is 0 Å². The lowest BCUT2D eigenvalue weighted by molar-refractivity contribution is -0.121. The van der Waals surface area contributed by atoms with E-state index in [0.29, 0.717) is 6.42 Å². The van der Waals surface area contributed by atoms with Crippen molar-refractivity contribution in [2.45, 2.75) is 51.9 Å². The molecule has 1 aliphatic rings. The molecule has 0 bridgehead atoms. The molecule has 0 unspecified atom stereocenters. The van der Waals surface area contributed by atoms with Crippen LogP contribution in [0.3, 0.4) is 0 Å². The molecule has 1 aromatic carbocycles. The van der Waals surface area contributed by atoms with E-state index in [9.17, 15) is 9.59 Å². The third-order valence-electron chi connectivity index (χ3n) is 3.85. The molecule has 21 heavy (non-hydrogen) atoms. The predicted octanol–water partition coefficient (Wildman–Crippen LogP) is 4.04. The summed E-state index contributed by atoms with van der Waals surface area (Å²) >= 11 is 0. The minimum atomic E-state index is -0.0898. The van der Waals surface area contributed by atoms with Gasteiger partial charge in [0.05, 0.1) is 0 Å². The minimum absolute atomic E-state index is 0.0898. The normalized spacial score (nSPS) is 14.4. The fraction of sp³-hybridized carbons (Fsp3) is 0.444. The van der Waals surface area contributed by atoms with Crippen LogP contribution in [0.15, 0.2) is 35.9 Å². The summed E-state index contributed by atoms with van der Waals surface area (Å²) in [5, 5.41) is 2.86. The highest BCUT2D eigenvalue weighted by Crippen LogP contribution is 2.20. The van der Waals surface area contributed by atoms with Crippen LogP contribution in [0.5, 0.6) is 0 Å². The van der Waals surface area contributed by atoms with Crippen LogP contribution in [0.4, 0.5) is 5.69 Å². The summed E-state index contributed by atoms with van der Waals surface area (Å²) in [4.78, 5) is 23.9. The Kier molecular flexibility index (Phi) is 5.73. The molecule has 2 rings (SSSR count). The first-order valence-corrected chi connectivity index (χ1v) is 7.80. The number of Topliss-reactive ketones (excluding diaryl/α,β-unsaturated/α-hetero) is 1. The van der Waals surface area contributed by atoms with E-state index < -0.39 is 0 Å². The summed E-state index contributed by atoms with van der Waals surface area (Å²) in [7, 11) is 0. The van der Waals surface area contributed by atoms with E-state index in [1.165, 1.54) is 12.0 Å². The zero-order chi connectivity index (χ0) is 15.1. The molecule has 0 saturated heterocycles. The lowest BCUT2D eigenvalue weighted by atomic mass is 9.94. The summed E-state index contributed by atoms with van der Waals surface area (Å²) in [6, 6.07) is 7.83. The molecule has 3 heteroatoms. The fourth-order valence-corrected chi connectivity index (χ4v) is 2.57. The second-order valence-electron chi connectivity index (χ2n) is 5.50. The van der Waals surface area contributed by atoms with Crippen molar-refractivity contribution < 1.29 is 9.59 Å². The average Bonchev–Trinajstić information content (AvgIpc) is 2.53. The maximum Gasteiger partial charge on any atom is 0.224 e. The summed E-state index contributed by atoms with van der Waals surface area (Å²) in [6.45, 7) is 2.08. The van der Waals surface area contributed by atoms with Gasteiger partial charge in [-0.1, -0.05) is 25.1 Å². The Morgan fingerprint density at radius 2 is 2.05 bits per heavy atom. The molecule has 112 valence electrons. The van der Waals surface area contributed by atoms with Crippen LogP contribution in [0.2, 0.25) is 0 Å². The van der Waals surface area contributed by atoms with Gasteiger partial charge in [0.1, 0.15) is 0 Å². The smallest absolute Gasteiger partial charge is 0.224 e. The van der Waals surface area contributed by atoms with Crippen molar-refractivity contribution in [2.24, 2.45) is 0 Å². The Morgan fingerprint density at radius 3 is 2.76 bits per heavy atom. The molecule has 0 heterocycles. The van der Waals surface area contributed by atoms with Gasteiger partial charge in [-0.2, -0.15) is 0 Å².